The van der Waals surface area contributed by atoms with Crippen LogP contribution in [0, 0.1) is 0 Å². The molecular formula is C24H37NSi. The molecule has 0 fully saturated rings. The molecule has 0 heterocycles. The van der Waals surface area contributed by atoms with Crippen molar-refractivity contribution in [2.24, 2.45) is 0 Å². The molecule has 142 valence electrons. The molecule has 2 rings (SSSR count). The summed E-state index contributed by atoms with van der Waals surface area (Å²) in [5.41, 5.74) is 0. The Kier molecular flexibility index (Phi) is 7.25. The monoisotopic (exact) mass is 367 g/mol. The Balaban J connectivity index is 2.81. The molecule has 0 amide bonds. The molecule has 0 aliphatic rings. The molecule has 0 aliphatic heterocycles. The third-order valence-corrected chi connectivity index (χ3v) is 11.8. The van der Waals surface area contributed by atoms with Gasteiger partial charge < -0.3 is 4.57 Å². The summed E-state index contributed by atoms with van der Waals surface area (Å²) in [6.45, 7) is 15.6. The molecule has 1 unspecified atom stereocenters. The molecule has 2 heteroatoms. The highest BCUT2D eigenvalue weighted by Crippen LogP contribution is 2.39. The lowest BCUT2D eigenvalue weighted by atomic mass is 10.2. The van der Waals surface area contributed by atoms with Crippen molar-refractivity contribution < 1.29 is 0 Å². The Morgan fingerprint density at radius 2 is 1.31 bits per heavy atom. The van der Waals surface area contributed by atoms with E-state index in [4.69, 9.17) is 0 Å². The van der Waals surface area contributed by atoms with Crippen molar-refractivity contribution in [1.29, 1.82) is 0 Å². The van der Waals surface area contributed by atoms with E-state index in [1.807, 2.05) is 0 Å². The molecule has 0 bridgehead atoms. The Labute approximate surface area is 162 Å². The standard InChI is InChI=1S/C24H37NSi/c1-7-9-20-25(21(3)8-2)26(24(4,5)6,22-16-12-10-13-17-22)23-18-14-11-15-19-23/h10-19,21H,7-9,20H2,1-6H3. The van der Waals surface area contributed by atoms with E-state index in [1.165, 1.54) is 36.2 Å². The van der Waals surface area contributed by atoms with E-state index in [9.17, 15) is 0 Å². The van der Waals surface area contributed by atoms with E-state index in [-0.39, 0.29) is 5.04 Å². The van der Waals surface area contributed by atoms with E-state index in [1.54, 1.807) is 0 Å². The van der Waals surface area contributed by atoms with Crippen LogP contribution in [0.15, 0.2) is 60.7 Å². The van der Waals surface area contributed by atoms with Gasteiger partial charge >= 0.3 is 0 Å². The molecule has 0 aliphatic carbocycles. The number of hydrogen-bond donors (Lipinski definition) is 0. The first kappa shape index (κ1) is 20.9. The van der Waals surface area contributed by atoms with E-state index < -0.39 is 8.24 Å². The maximum Gasteiger partial charge on any atom is 0.198 e. The van der Waals surface area contributed by atoms with Gasteiger partial charge in [-0.1, -0.05) is 109 Å². The molecule has 0 saturated carbocycles. The maximum atomic E-state index is 2.92. The number of hydrogen-bond acceptors (Lipinski definition) is 1. The quantitative estimate of drug-likeness (QED) is 0.561. The van der Waals surface area contributed by atoms with Gasteiger partial charge in [-0.2, -0.15) is 0 Å². The second-order valence-electron chi connectivity index (χ2n) is 8.50. The van der Waals surface area contributed by atoms with Gasteiger partial charge in [0.05, 0.1) is 0 Å². The lowest BCUT2D eigenvalue weighted by Gasteiger charge is -2.53. The van der Waals surface area contributed by atoms with Gasteiger partial charge in [0.2, 0.25) is 0 Å². The largest absolute Gasteiger partial charge is 0.314 e. The van der Waals surface area contributed by atoms with Crippen molar-refractivity contribution in [1.82, 2.24) is 4.57 Å². The van der Waals surface area contributed by atoms with Crippen LogP contribution in [0.4, 0.5) is 0 Å². The molecule has 0 radical (unpaired) electrons. The summed E-state index contributed by atoms with van der Waals surface area (Å²) in [4.78, 5) is 0. The average Bonchev–Trinajstić information content (AvgIpc) is 2.65. The highest BCUT2D eigenvalue weighted by molar-refractivity contribution is 7.02. The first-order valence-corrected chi connectivity index (χ1v) is 12.2. The summed E-state index contributed by atoms with van der Waals surface area (Å²) in [5.74, 6) is 0. The average molecular weight is 368 g/mol. The minimum atomic E-state index is -2.17. The first-order chi connectivity index (χ1) is 12.4. The van der Waals surface area contributed by atoms with Gasteiger partial charge in [-0.25, -0.2) is 0 Å². The molecule has 0 aromatic heterocycles. The zero-order valence-corrected chi connectivity index (χ0v) is 18.6. The highest BCUT2D eigenvalue weighted by Gasteiger charge is 2.53. The SMILES string of the molecule is CCCCN(C(C)CC)[Si](c1ccccc1)(c1ccccc1)C(C)(C)C. The Morgan fingerprint density at radius 1 is 0.846 bits per heavy atom. The van der Waals surface area contributed by atoms with Crippen molar-refractivity contribution in [2.45, 2.75) is 71.9 Å². The van der Waals surface area contributed by atoms with Crippen LogP contribution >= 0.6 is 0 Å². The van der Waals surface area contributed by atoms with E-state index >= 15 is 0 Å². The van der Waals surface area contributed by atoms with Crippen molar-refractivity contribution in [3.05, 3.63) is 60.7 Å². The van der Waals surface area contributed by atoms with Crippen LogP contribution in [-0.4, -0.2) is 25.4 Å². The van der Waals surface area contributed by atoms with Gasteiger partial charge in [-0.3, -0.25) is 0 Å². The molecule has 2 aromatic carbocycles. The summed E-state index contributed by atoms with van der Waals surface area (Å²) in [6, 6.07) is 23.3. The van der Waals surface area contributed by atoms with Crippen LogP contribution in [0.2, 0.25) is 5.04 Å². The van der Waals surface area contributed by atoms with Gasteiger partial charge in [-0.15, -0.1) is 0 Å². The van der Waals surface area contributed by atoms with Crippen molar-refractivity contribution >= 4 is 18.6 Å². The van der Waals surface area contributed by atoms with Crippen LogP contribution in [-0.2, 0) is 0 Å². The fourth-order valence-electron chi connectivity index (χ4n) is 4.42. The predicted octanol–water partition coefficient (Wildman–Crippen LogP) is 5.45. The Hall–Kier alpha value is -1.38. The highest BCUT2D eigenvalue weighted by atomic mass is 28.3. The van der Waals surface area contributed by atoms with Gasteiger partial charge in [0.1, 0.15) is 0 Å². The van der Waals surface area contributed by atoms with Crippen LogP contribution in [0.5, 0.6) is 0 Å². The summed E-state index contributed by atoms with van der Waals surface area (Å²) in [7, 11) is -2.17. The zero-order chi connectivity index (χ0) is 19.2. The van der Waals surface area contributed by atoms with Gasteiger partial charge in [0.15, 0.2) is 8.24 Å². The van der Waals surface area contributed by atoms with Gasteiger partial charge in [0.25, 0.3) is 0 Å². The van der Waals surface area contributed by atoms with Crippen molar-refractivity contribution in [3.8, 4) is 0 Å². The molecule has 0 N–H and O–H groups in total. The third-order valence-electron chi connectivity index (χ3n) is 5.77. The van der Waals surface area contributed by atoms with E-state index in [0.29, 0.717) is 6.04 Å². The van der Waals surface area contributed by atoms with Gasteiger partial charge in [-0.05, 0) is 34.8 Å². The molecule has 2 aromatic rings. The fourth-order valence-corrected chi connectivity index (χ4v) is 10.7. The van der Waals surface area contributed by atoms with Crippen LogP contribution in [0.1, 0.15) is 60.8 Å². The lowest BCUT2D eigenvalue weighted by Crippen LogP contribution is -2.76. The lowest BCUT2D eigenvalue weighted by molar-refractivity contribution is 0.312. The molecule has 1 atom stereocenters. The number of benzene rings is 2. The summed E-state index contributed by atoms with van der Waals surface area (Å²) < 4.78 is 2.92. The Morgan fingerprint density at radius 3 is 1.65 bits per heavy atom. The first-order valence-electron chi connectivity index (χ1n) is 10.3. The van der Waals surface area contributed by atoms with E-state index in [2.05, 4.69) is 107 Å². The maximum absolute atomic E-state index is 2.92. The number of unbranched alkanes of at least 4 members (excludes halogenated alkanes) is 1. The summed E-state index contributed by atoms with van der Waals surface area (Å²) >= 11 is 0. The third kappa shape index (κ3) is 3.97. The molecule has 26 heavy (non-hydrogen) atoms. The normalized spacial score (nSPS) is 13.8. The molecule has 0 spiro atoms. The summed E-state index contributed by atoms with van der Waals surface area (Å²) in [6.07, 6.45) is 3.69. The zero-order valence-electron chi connectivity index (χ0n) is 17.6. The molecule has 0 saturated heterocycles. The second-order valence-corrected chi connectivity index (χ2v) is 13.1. The van der Waals surface area contributed by atoms with Crippen molar-refractivity contribution in [2.75, 3.05) is 6.54 Å². The topological polar surface area (TPSA) is 3.24 Å². The number of rotatable bonds is 8. The van der Waals surface area contributed by atoms with Crippen LogP contribution < -0.4 is 10.4 Å². The van der Waals surface area contributed by atoms with Gasteiger partial charge in [0, 0.05) is 6.04 Å². The fraction of sp³-hybridized carbons (Fsp3) is 0.500. The van der Waals surface area contributed by atoms with Crippen molar-refractivity contribution in [3.63, 3.8) is 0 Å². The van der Waals surface area contributed by atoms with Crippen LogP contribution in [0.25, 0.3) is 0 Å². The number of nitrogens with zero attached hydrogens (tertiary/aromatic N) is 1. The van der Waals surface area contributed by atoms with E-state index in [0.717, 1.165) is 0 Å². The molecule has 1 nitrogen and oxygen atoms in total. The predicted molar refractivity (Wildman–Crippen MR) is 119 cm³/mol. The molecular weight excluding hydrogens is 330 g/mol. The smallest absolute Gasteiger partial charge is 0.198 e. The minimum absolute atomic E-state index is 0.187. The van der Waals surface area contributed by atoms with Crippen LogP contribution in [0.3, 0.4) is 0 Å². The second kappa shape index (κ2) is 9.01. The summed E-state index contributed by atoms with van der Waals surface area (Å²) in [5, 5.41) is 3.26. The minimum Gasteiger partial charge on any atom is -0.314 e. The Bertz CT molecular complexity index is 605.